The molecule has 2 rings (SSSR count). The van der Waals surface area contributed by atoms with Crippen LogP contribution in [0.25, 0.3) is 0 Å². The lowest BCUT2D eigenvalue weighted by molar-refractivity contribution is 0.150. The predicted octanol–water partition coefficient (Wildman–Crippen LogP) is 3.50. The van der Waals surface area contributed by atoms with E-state index in [0.29, 0.717) is 12.0 Å². The summed E-state index contributed by atoms with van der Waals surface area (Å²) in [5, 5.41) is 3.70. The first-order valence-corrected chi connectivity index (χ1v) is 8.42. The Hall–Kier alpha value is -0.860. The molecule has 1 atom stereocenters. The van der Waals surface area contributed by atoms with Crippen molar-refractivity contribution < 1.29 is 0 Å². The molecule has 0 saturated carbocycles. The fourth-order valence-electron chi connectivity index (χ4n) is 3.21. The zero-order valence-corrected chi connectivity index (χ0v) is 14.4. The number of rotatable bonds is 4. The molecule has 0 radical (unpaired) electrons. The highest BCUT2D eigenvalue weighted by Gasteiger charge is 2.25. The highest BCUT2D eigenvalue weighted by molar-refractivity contribution is 5.28. The smallest absolute Gasteiger partial charge is 0.0244 e. The summed E-state index contributed by atoms with van der Waals surface area (Å²) in [6.07, 6.45) is 2.38. The SMILES string of the molecule is CC(C)C(CNC(C)(C)C)N1CCc2ccccc2CC1. The highest BCUT2D eigenvalue weighted by Crippen LogP contribution is 2.20. The van der Waals surface area contributed by atoms with E-state index in [1.807, 2.05) is 0 Å². The second kappa shape index (κ2) is 6.93. The minimum absolute atomic E-state index is 0.196. The molecule has 0 amide bonds. The van der Waals surface area contributed by atoms with Crippen molar-refractivity contribution in [3.05, 3.63) is 35.4 Å². The van der Waals surface area contributed by atoms with Gasteiger partial charge in [-0.05, 0) is 50.7 Å². The van der Waals surface area contributed by atoms with Crippen LogP contribution in [0.4, 0.5) is 0 Å². The van der Waals surface area contributed by atoms with Crippen LogP contribution in [0.2, 0.25) is 0 Å². The lowest BCUT2D eigenvalue weighted by Crippen LogP contribution is -2.50. The van der Waals surface area contributed by atoms with E-state index in [1.54, 1.807) is 11.1 Å². The van der Waals surface area contributed by atoms with E-state index < -0.39 is 0 Å². The minimum atomic E-state index is 0.196. The largest absolute Gasteiger partial charge is 0.311 e. The quantitative estimate of drug-likeness (QED) is 0.912. The van der Waals surface area contributed by atoms with E-state index in [9.17, 15) is 0 Å². The molecule has 0 fully saturated rings. The molecule has 2 heteroatoms. The molecule has 1 aliphatic rings. The van der Waals surface area contributed by atoms with Crippen LogP contribution >= 0.6 is 0 Å². The summed E-state index contributed by atoms with van der Waals surface area (Å²) in [6.45, 7) is 14.9. The van der Waals surface area contributed by atoms with Crippen LogP contribution in [0.3, 0.4) is 0 Å². The number of fused-ring (bicyclic) bond motifs is 1. The molecular weight excluding hydrogens is 256 g/mol. The van der Waals surface area contributed by atoms with Gasteiger partial charge in [0.25, 0.3) is 0 Å². The lowest BCUT2D eigenvalue weighted by Gasteiger charge is -2.36. The van der Waals surface area contributed by atoms with Gasteiger partial charge in [-0.25, -0.2) is 0 Å². The normalized spacial score (nSPS) is 18.4. The lowest BCUT2D eigenvalue weighted by atomic mass is 10.00. The van der Waals surface area contributed by atoms with Gasteiger partial charge in [-0.3, -0.25) is 4.90 Å². The Balaban J connectivity index is 2.02. The average molecular weight is 288 g/mol. The van der Waals surface area contributed by atoms with Gasteiger partial charge >= 0.3 is 0 Å². The van der Waals surface area contributed by atoms with Gasteiger partial charge in [-0.2, -0.15) is 0 Å². The standard InChI is InChI=1S/C19H32N2/c1-15(2)18(14-20-19(3,4)5)21-12-10-16-8-6-7-9-17(16)11-13-21/h6-9,15,18,20H,10-14H2,1-5H3. The molecule has 0 saturated heterocycles. The topological polar surface area (TPSA) is 15.3 Å². The van der Waals surface area contributed by atoms with Crippen LogP contribution in [-0.4, -0.2) is 36.1 Å². The molecule has 1 unspecified atom stereocenters. The van der Waals surface area contributed by atoms with Crippen molar-refractivity contribution >= 4 is 0 Å². The third-order valence-corrected chi connectivity index (χ3v) is 4.54. The number of nitrogens with zero attached hydrogens (tertiary/aromatic N) is 1. The van der Waals surface area contributed by atoms with Crippen molar-refractivity contribution in [2.45, 2.75) is 59.0 Å². The van der Waals surface area contributed by atoms with Gasteiger partial charge in [0.2, 0.25) is 0 Å². The van der Waals surface area contributed by atoms with Crippen LogP contribution in [0.5, 0.6) is 0 Å². The molecule has 1 heterocycles. The Labute approximate surface area is 130 Å². The van der Waals surface area contributed by atoms with Crippen LogP contribution in [0.1, 0.15) is 45.7 Å². The molecule has 1 aromatic carbocycles. The average Bonchev–Trinajstić information content (AvgIpc) is 2.60. The van der Waals surface area contributed by atoms with Crippen molar-refractivity contribution in [2.75, 3.05) is 19.6 Å². The van der Waals surface area contributed by atoms with Gasteiger partial charge in [-0.1, -0.05) is 38.1 Å². The van der Waals surface area contributed by atoms with Gasteiger partial charge < -0.3 is 5.32 Å². The van der Waals surface area contributed by atoms with Gasteiger partial charge in [-0.15, -0.1) is 0 Å². The summed E-state index contributed by atoms with van der Waals surface area (Å²) in [4.78, 5) is 2.70. The van der Waals surface area contributed by atoms with Crippen molar-refractivity contribution in [3.63, 3.8) is 0 Å². The number of hydrogen-bond acceptors (Lipinski definition) is 2. The second-order valence-electron chi connectivity index (χ2n) is 7.75. The molecule has 1 aromatic rings. The molecule has 0 spiro atoms. The molecule has 0 bridgehead atoms. The first-order valence-electron chi connectivity index (χ1n) is 8.42. The van der Waals surface area contributed by atoms with E-state index in [-0.39, 0.29) is 5.54 Å². The van der Waals surface area contributed by atoms with Crippen LogP contribution < -0.4 is 5.32 Å². The highest BCUT2D eigenvalue weighted by atomic mass is 15.2. The van der Waals surface area contributed by atoms with E-state index in [2.05, 4.69) is 69.1 Å². The van der Waals surface area contributed by atoms with Gasteiger partial charge in [0, 0.05) is 31.2 Å². The number of benzene rings is 1. The van der Waals surface area contributed by atoms with Crippen molar-refractivity contribution in [1.29, 1.82) is 0 Å². The minimum Gasteiger partial charge on any atom is -0.311 e. The van der Waals surface area contributed by atoms with Gasteiger partial charge in [0.15, 0.2) is 0 Å². The molecule has 118 valence electrons. The first-order chi connectivity index (χ1) is 9.87. The van der Waals surface area contributed by atoms with E-state index in [1.165, 1.54) is 25.9 Å². The third kappa shape index (κ3) is 4.82. The summed E-state index contributed by atoms with van der Waals surface area (Å²) >= 11 is 0. The summed E-state index contributed by atoms with van der Waals surface area (Å²) in [5.41, 5.74) is 3.29. The molecule has 0 aromatic heterocycles. The zero-order valence-electron chi connectivity index (χ0n) is 14.4. The van der Waals surface area contributed by atoms with Gasteiger partial charge in [0.1, 0.15) is 0 Å². The zero-order chi connectivity index (χ0) is 15.5. The maximum atomic E-state index is 3.70. The van der Waals surface area contributed by atoms with E-state index in [0.717, 1.165) is 6.54 Å². The Morgan fingerprint density at radius 3 is 2.00 bits per heavy atom. The van der Waals surface area contributed by atoms with E-state index in [4.69, 9.17) is 0 Å². The summed E-state index contributed by atoms with van der Waals surface area (Å²) in [5.74, 6) is 0.682. The predicted molar refractivity (Wildman–Crippen MR) is 91.8 cm³/mol. The van der Waals surface area contributed by atoms with Crippen LogP contribution in [0.15, 0.2) is 24.3 Å². The molecule has 1 aliphatic heterocycles. The summed E-state index contributed by atoms with van der Waals surface area (Å²) in [7, 11) is 0. The van der Waals surface area contributed by atoms with Crippen molar-refractivity contribution in [1.82, 2.24) is 10.2 Å². The first kappa shape index (κ1) is 16.5. The molecule has 0 aliphatic carbocycles. The fraction of sp³-hybridized carbons (Fsp3) is 0.684. The Kier molecular flexibility index (Phi) is 5.45. The fourth-order valence-corrected chi connectivity index (χ4v) is 3.21. The Morgan fingerprint density at radius 2 is 1.57 bits per heavy atom. The number of hydrogen-bond donors (Lipinski definition) is 1. The van der Waals surface area contributed by atoms with Crippen molar-refractivity contribution in [2.24, 2.45) is 5.92 Å². The summed E-state index contributed by atoms with van der Waals surface area (Å²) < 4.78 is 0. The molecular formula is C19H32N2. The van der Waals surface area contributed by atoms with Crippen molar-refractivity contribution in [3.8, 4) is 0 Å². The third-order valence-electron chi connectivity index (χ3n) is 4.54. The molecule has 21 heavy (non-hydrogen) atoms. The Morgan fingerprint density at radius 1 is 1.05 bits per heavy atom. The van der Waals surface area contributed by atoms with Gasteiger partial charge in [0.05, 0.1) is 0 Å². The molecule has 1 N–H and O–H groups in total. The van der Waals surface area contributed by atoms with Crippen LogP contribution in [-0.2, 0) is 12.8 Å². The van der Waals surface area contributed by atoms with Crippen LogP contribution in [0, 0.1) is 5.92 Å². The second-order valence-corrected chi connectivity index (χ2v) is 7.75. The maximum absolute atomic E-state index is 3.70. The summed E-state index contributed by atoms with van der Waals surface area (Å²) in [6, 6.07) is 9.58. The maximum Gasteiger partial charge on any atom is 0.0244 e. The monoisotopic (exact) mass is 288 g/mol. The van der Waals surface area contributed by atoms with E-state index >= 15 is 0 Å². The Bertz CT molecular complexity index is 418. The molecule has 2 nitrogen and oxygen atoms in total. The number of nitrogens with one attached hydrogen (secondary N) is 1.